The molecule has 0 saturated heterocycles. The van der Waals surface area contributed by atoms with E-state index < -0.39 is 0 Å². The first-order valence-corrected chi connectivity index (χ1v) is 7.41. The molecule has 0 spiro atoms. The second kappa shape index (κ2) is 5.78. The van der Waals surface area contributed by atoms with Crippen molar-refractivity contribution in [2.45, 2.75) is 25.4 Å². The summed E-state index contributed by atoms with van der Waals surface area (Å²) in [6.07, 6.45) is 0.726. The minimum atomic E-state index is -0.205. The van der Waals surface area contributed by atoms with Crippen molar-refractivity contribution in [3.8, 4) is 0 Å². The zero-order chi connectivity index (χ0) is 14.8. The van der Waals surface area contributed by atoms with Crippen molar-refractivity contribution in [3.63, 3.8) is 0 Å². The number of carbonyl (C=O) groups is 1. The van der Waals surface area contributed by atoms with Gasteiger partial charge in [0.25, 0.3) is 0 Å². The summed E-state index contributed by atoms with van der Waals surface area (Å²) in [5, 5.41) is 6.98. The van der Waals surface area contributed by atoms with Crippen molar-refractivity contribution in [2.24, 2.45) is 0 Å². The van der Waals surface area contributed by atoms with E-state index in [0.717, 1.165) is 17.7 Å². The van der Waals surface area contributed by atoms with Gasteiger partial charge in [0.15, 0.2) is 0 Å². The third-order valence-electron chi connectivity index (χ3n) is 3.80. The zero-order valence-corrected chi connectivity index (χ0v) is 12.5. The number of halogens is 1. The lowest BCUT2D eigenvalue weighted by atomic mass is 10.1. The van der Waals surface area contributed by atoms with Crippen LogP contribution < -0.4 is 10.6 Å². The van der Waals surface area contributed by atoms with Crippen LogP contribution in [0.4, 0.5) is 5.69 Å². The summed E-state index contributed by atoms with van der Waals surface area (Å²) in [4.78, 5) is 12.4. The number of hydrogen-bond donors (Lipinski definition) is 2. The normalized spacial score (nSPS) is 17.7. The molecule has 3 nitrogen and oxygen atoms in total. The molecule has 2 atom stereocenters. The number of nitrogens with one attached hydrogen (secondary N) is 2. The Morgan fingerprint density at radius 1 is 1.29 bits per heavy atom. The van der Waals surface area contributed by atoms with Gasteiger partial charge in [0.1, 0.15) is 6.04 Å². The van der Waals surface area contributed by atoms with Crippen LogP contribution in [-0.4, -0.2) is 11.9 Å². The Hall–Kier alpha value is -2.00. The van der Waals surface area contributed by atoms with Gasteiger partial charge >= 0.3 is 0 Å². The highest BCUT2D eigenvalue weighted by atomic mass is 35.5. The van der Waals surface area contributed by atoms with E-state index in [9.17, 15) is 4.79 Å². The Labute approximate surface area is 129 Å². The van der Waals surface area contributed by atoms with Crippen LogP contribution in [0, 0.1) is 0 Å². The minimum Gasteiger partial charge on any atom is -0.373 e. The van der Waals surface area contributed by atoms with Crippen molar-refractivity contribution in [1.82, 2.24) is 5.32 Å². The number of amides is 1. The van der Waals surface area contributed by atoms with Gasteiger partial charge in [-0.3, -0.25) is 4.79 Å². The van der Waals surface area contributed by atoms with E-state index in [1.807, 2.05) is 49.4 Å². The molecule has 0 radical (unpaired) electrons. The van der Waals surface area contributed by atoms with Gasteiger partial charge in [-0.25, -0.2) is 0 Å². The van der Waals surface area contributed by atoms with Crippen LogP contribution in [0.15, 0.2) is 48.5 Å². The van der Waals surface area contributed by atoms with Crippen molar-refractivity contribution in [3.05, 3.63) is 64.7 Å². The number of para-hydroxylation sites is 1. The molecule has 0 aromatic heterocycles. The maximum absolute atomic E-state index is 12.4. The van der Waals surface area contributed by atoms with Crippen molar-refractivity contribution in [2.75, 3.05) is 5.32 Å². The number of hydrogen-bond acceptors (Lipinski definition) is 2. The van der Waals surface area contributed by atoms with Gasteiger partial charge < -0.3 is 10.6 Å². The van der Waals surface area contributed by atoms with Crippen molar-refractivity contribution >= 4 is 23.2 Å². The molecule has 0 aliphatic carbocycles. The molecule has 21 heavy (non-hydrogen) atoms. The number of rotatable bonds is 3. The highest BCUT2D eigenvalue weighted by molar-refractivity contribution is 6.30. The molecule has 4 heteroatoms. The summed E-state index contributed by atoms with van der Waals surface area (Å²) in [7, 11) is 0. The van der Waals surface area contributed by atoms with Crippen LogP contribution in [0.25, 0.3) is 0 Å². The largest absolute Gasteiger partial charge is 0.373 e. The van der Waals surface area contributed by atoms with E-state index in [1.165, 1.54) is 5.56 Å². The lowest BCUT2D eigenvalue weighted by Gasteiger charge is -2.18. The zero-order valence-electron chi connectivity index (χ0n) is 11.8. The number of carbonyl (C=O) groups excluding carboxylic acids is 1. The van der Waals surface area contributed by atoms with Crippen LogP contribution in [0.5, 0.6) is 0 Å². The Morgan fingerprint density at radius 2 is 2.10 bits per heavy atom. The van der Waals surface area contributed by atoms with E-state index >= 15 is 0 Å². The quantitative estimate of drug-likeness (QED) is 0.910. The van der Waals surface area contributed by atoms with Gasteiger partial charge in [0.05, 0.1) is 6.04 Å². The molecule has 3 rings (SSSR count). The van der Waals surface area contributed by atoms with Gasteiger partial charge in [-0.1, -0.05) is 41.9 Å². The second-order valence-electron chi connectivity index (χ2n) is 5.34. The SMILES string of the molecule is C[C@@H](NC(=O)C1Cc2ccccc2N1)c1cccc(Cl)c1. The molecule has 2 aromatic carbocycles. The maximum Gasteiger partial charge on any atom is 0.243 e. The van der Waals surface area contributed by atoms with Crippen LogP contribution in [0.3, 0.4) is 0 Å². The van der Waals surface area contributed by atoms with Crippen molar-refractivity contribution in [1.29, 1.82) is 0 Å². The van der Waals surface area contributed by atoms with Crippen LogP contribution in [-0.2, 0) is 11.2 Å². The summed E-state index contributed by atoms with van der Waals surface area (Å²) in [6.45, 7) is 1.96. The summed E-state index contributed by atoms with van der Waals surface area (Å²) in [5.74, 6) is 0.0127. The summed E-state index contributed by atoms with van der Waals surface area (Å²) >= 11 is 5.99. The number of benzene rings is 2. The van der Waals surface area contributed by atoms with Crippen LogP contribution >= 0.6 is 11.6 Å². The standard InChI is InChI=1S/C17H17ClN2O/c1-11(12-6-4-7-14(18)9-12)19-17(21)16-10-13-5-2-3-8-15(13)20-16/h2-9,11,16,20H,10H2,1H3,(H,19,21)/t11-,16?/m1/s1. The molecule has 2 aromatic rings. The molecule has 1 heterocycles. The first-order chi connectivity index (χ1) is 10.1. The van der Waals surface area contributed by atoms with Crippen LogP contribution in [0.2, 0.25) is 5.02 Å². The van der Waals surface area contributed by atoms with E-state index in [-0.39, 0.29) is 18.0 Å². The molecule has 1 unspecified atom stereocenters. The lowest BCUT2D eigenvalue weighted by molar-refractivity contribution is -0.122. The summed E-state index contributed by atoms with van der Waals surface area (Å²) in [6, 6.07) is 15.3. The summed E-state index contributed by atoms with van der Waals surface area (Å²) in [5.41, 5.74) is 3.24. The fourth-order valence-electron chi connectivity index (χ4n) is 2.63. The smallest absolute Gasteiger partial charge is 0.243 e. The van der Waals surface area contributed by atoms with E-state index in [0.29, 0.717) is 5.02 Å². The van der Waals surface area contributed by atoms with Crippen LogP contribution in [0.1, 0.15) is 24.1 Å². The predicted molar refractivity (Wildman–Crippen MR) is 85.6 cm³/mol. The molecule has 1 amide bonds. The Bertz CT molecular complexity index is 646. The monoisotopic (exact) mass is 300 g/mol. The average molecular weight is 301 g/mol. The fraction of sp³-hybridized carbons (Fsp3) is 0.235. The summed E-state index contributed by atoms with van der Waals surface area (Å²) < 4.78 is 0. The third-order valence-corrected chi connectivity index (χ3v) is 4.03. The Morgan fingerprint density at radius 3 is 2.86 bits per heavy atom. The number of fused-ring (bicyclic) bond motifs is 1. The fourth-order valence-corrected chi connectivity index (χ4v) is 2.83. The van der Waals surface area contributed by atoms with Gasteiger partial charge in [-0.2, -0.15) is 0 Å². The minimum absolute atomic E-state index is 0.0127. The van der Waals surface area contributed by atoms with Crippen molar-refractivity contribution < 1.29 is 4.79 Å². The maximum atomic E-state index is 12.4. The van der Waals surface area contributed by atoms with Gasteiger partial charge in [-0.15, -0.1) is 0 Å². The molecular weight excluding hydrogens is 284 g/mol. The molecule has 0 fully saturated rings. The Kier molecular flexibility index (Phi) is 3.84. The first kappa shape index (κ1) is 14.0. The lowest BCUT2D eigenvalue weighted by Crippen LogP contribution is -2.39. The highest BCUT2D eigenvalue weighted by Gasteiger charge is 2.27. The molecular formula is C17H17ClN2O. The topological polar surface area (TPSA) is 41.1 Å². The van der Waals surface area contributed by atoms with E-state index in [1.54, 1.807) is 0 Å². The molecule has 0 bridgehead atoms. The second-order valence-corrected chi connectivity index (χ2v) is 5.78. The molecule has 1 aliphatic rings. The molecule has 108 valence electrons. The average Bonchev–Trinajstić information content (AvgIpc) is 2.91. The van der Waals surface area contributed by atoms with Gasteiger partial charge in [0, 0.05) is 17.1 Å². The molecule has 0 saturated carbocycles. The predicted octanol–water partition coefficient (Wildman–Crippen LogP) is 3.55. The highest BCUT2D eigenvalue weighted by Crippen LogP contribution is 2.25. The van der Waals surface area contributed by atoms with Gasteiger partial charge in [0.2, 0.25) is 5.91 Å². The van der Waals surface area contributed by atoms with E-state index in [4.69, 9.17) is 11.6 Å². The molecule has 2 N–H and O–H groups in total. The number of anilines is 1. The first-order valence-electron chi connectivity index (χ1n) is 7.04. The molecule has 1 aliphatic heterocycles. The van der Waals surface area contributed by atoms with E-state index in [2.05, 4.69) is 16.7 Å². The third kappa shape index (κ3) is 3.03. The Balaban J connectivity index is 1.65. The van der Waals surface area contributed by atoms with Gasteiger partial charge in [-0.05, 0) is 36.2 Å².